The minimum absolute atomic E-state index is 0.0592. The lowest BCUT2D eigenvalue weighted by molar-refractivity contribution is -0.122. The summed E-state index contributed by atoms with van der Waals surface area (Å²) in [6.45, 7) is 3.74. The van der Waals surface area contributed by atoms with Crippen molar-refractivity contribution in [2.75, 3.05) is 18.9 Å². The van der Waals surface area contributed by atoms with E-state index in [0.717, 1.165) is 12.8 Å². The van der Waals surface area contributed by atoms with Gasteiger partial charge in [-0.25, -0.2) is 0 Å². The maximum Gasteiger partial charge on any atom is 0.203 e. The molecule has 0 aromatic heterocycles. The number of hydrogen-bond acceptors (Lipinski definition) is 3. The highest BCUT2D eigenvalue weighted by atomic mass is 31.2. The Morgan fingerprint density at radius 2 is 1.92 bits per heavy atom. The third-order valence-electron chi connectivity index (χ3n) is 2.44. The average molecular weight is 204 g/mol. The molecule has 0 N–H and O–H groups in total. The topological polar surface area (TPSA) is 43.4 Å². The highest BCUT2D eigenvalue weighted by molar-refractivity contribution is 7.58. The molecule has 0 bridgehead atoms. The zero-order valence-electron chi connectivity index (χ0n) is 8.28. The van der Waals surface area contributed by atoms with Crippen LogP contribution in [0.4, 0.5) is 0 Å². The Bertz CT molecular complexity index is 225. The maximum absolute atomic E-state index is 11.7. The summed E-state index contributed by atoms with van der Waals surface area (Å²) in [5.41, 5.74) is 0. The van der Waals surface area contributed by atoms with Crippen LogP contribution < -0.4 is 0 Å². The first-order valence-corrected chi connectivity index (χ1v) is 6.86. The molecule has 0 aromatic rings. The van der Waals surface area contributed by atoms with E-state index < -0.39 is 7.37 Å². The van der Waals surface area contributed by atoms with E-state index in [0.29, 0.717) is 12.3 Å². The number of carbonyl (C=O) groups excluding carboxylic acids is 1. The zero-order chi connectivity index (χ0) is 9.90. The number of carbonyl (C=O) groups is 1. The quantitative estimate of drug-likeness (QED) is 0.623. The average Bonchev–Trinajstić information content (AvgIpc) is 2.97. The third-order valence-corrected chi connectivity index (χ3v) is 4.97. The lowest BCUT2D eigenvalue weighted by atomic mass is 10.3. The lowest BCUT2D eigenvalue weighted by Crippen LogP contribution is -2.10. The summed E-state index contributed by atoms with van der Waals surface area (Å²) in [6.07, 6.45) is 3.04. The maximum atomic E-state index is 11.7. The molecule has 0 amide bonds. The molecular formula is C9H17O3P. The van der Waals surface area contributed by atoms with Gasteiger partial charge in [0.25, 0.3) is 0 Å². The Balaban J connectivity index is 2.30. The van der Waals surface area contributed by atoms with Gasteiger partial charge in [0.2, 0.25) is 7.37 Å². The fourth-order valence-electron chi connectivity index (χ4n) is 1.11. The van der Waals surface area contributed by atoms with E-state index in [1.165, 1.54) is 0 Å². The molecular weight excluding hydrogens is 187 g/mol. The minimum Gasteiger partial charge on any atom is -0.320 e. The second-order valence-electron chi connectivity index (χ2n) is 3.46. The number of Topliss-reactive ketones (excluding diaryl/α,β-unsaturated/α-hetero) is 1. The Morgan fingerprint density at radius 3 is 2.31 bits per heavy atom. The number of hydrogen-bond donors (Lipinski definition) is 0. The van der Waals surface area contributed by atoms with Gasteiger partial charge in [0.1, 0.15) is 6.61 Å². The summed E-state index contributed by atoms with van der Waals surface area (Å²) in [5.74, 6) is 0.337. The molecule has 1 rings (SSSR count). The standard InChI is InChI=1S/C9H17O3P/c1-3-13(11,4-2)12-7-9(10)8-5-6-8/h8H,3-7H2,1-2H3. The Morgan fingerprint density at radius 1 is 1.38 bits per heavy atom. The van der Waals surface area contributed by atoms with Gasteiger partial charge in [-0.15, -0.1) is 0 Å². The van der Waals surface area contributed by atoms with Gasteiger partial charge in [-0.1, -0.05) is 13.8 Å². The molecule has 13 heavy (non-hydrogen) atoms. The van der Waals surface area contributed by atoms with Crippen LogP contribution in [-0.4, -0.2) is 24.7 Å². The van der Waals surface area contributed by atoms with Gasteiger partial charge in [-0.2, -0.15) is 0 Å². The van der Waals surface area contributed by atoms with Crippen molar-refractivity contribution >= 4 is 13.2 Å². The monoisotopic (exact) mass is 204 g/mol. The van der Waals surface area contributed by atoms with Gasteiger partial charge in [0.05, 0.1) is 0 Å². The van der Waals surface area contributed by atoms with E-state index in [-0.39, 0.29) is 18.3 Å². The van der Waals surface area contributed by atoms with Gasteiger partial charge in [0.15, 0.2) is 5.78 Å². The molecule has 0 aromatic carbocycles. The van der Waals surface area contributed by atoms with Gasteiger partial charge in [0, 0.05) is 18.2 Å². The fraction of sp³-hybridized carbons (Fsp3) is 0.889. The van der Waals surface area contributed by atoms with Gasteiger partial charge in [-0.05, 0) is 12.8 Å². The summed E-state index contributed by atoms with van der Waals surface area (Å²) < 4.78 is 16.9. The number of rotatable bonds is 6. The van der Waals surface area contributed by atoms with Crippen molar-refractivity contribution in [2.24, 2.45) is 5.92 Å². The van der Waals surface area contributed by atoms with Crippen LogP contribution in [0.15, 0.2) is 0 Å². The van der Waals surface area contributed by atoms with E-state index in [1.807, 2.05) is 13.8 Å². The molecule has 0 radical (unpaired) electrons. The second kappa shape index (κ2) is 4.39. The first-order chi connectivity index (χ1) is 6.11. The molecule has 0 heterocycles. The predicted molar refractivity (Wildman–Crippen MR) is 52.4 cm³/mol. The first-order valence-electron chi connectivity index (χ1n) is 4.86. The molecule has 4 heteroatoms. The van der Waals surface area contributed by atoms with Crippen molar-refractivity contribution in [3.05, 3.63) is 0 Å². The summed E-state index contributed by atoms with van der Waals surface area (Å²) in [4.78, 5) is 11.2. The Hall–Kier alpha value is -0.140. The number of ketones is 1. The van der Waals surface area contributed by atoms with Crippen LogP contribution in [-0.2, 0) is 13.9 Å². The molecule has 1 saturated carbocycles. The molecule has 0 saturated heterocycles. The predicted octanol–water partition coefficient (Wildman–Crippen LogP) is 2.30. The molecule has 1 aliphatic rings. The fourth-order valence-corrected chi connectivity index (χ4v) is 2.29. The van der Waals surface area contributed by atoms with Crippen LogP contribution in [0.2, 0.25) is 0 Å². The van der Waals surface area contributed by atoms with Crippen molar-refractivity contribution < 1.29 is 13.9 Å². The van der Waals surface area contributed by atoms with Crippen LogP contribution >= 0.6 is 7.37 Å². The molecule has 1 aliphatic carbocycles. The van der Waals surface area contributed by atoms with Crippen molar-refractivity contribution in [3.8, 4) is 0 Å². The van der Waals surface area contributed by atoms with Crippen LogP contribution in [0.25, 0.3) is 0 Å². The van der Waals surface area contributed by atoms with Crippen LogP contribution in [0.5, 0.6) is 0 Å². The molecule has 1 fully saturated rings. The SMILES string of the molecule is CCP(=O)(CC)OCC(=O)C1CC1. The van der Waals surface area contributed by atoms with Gasteiger partial charge >= 0.3 is 0 Å². The summed E-state index contributed by atoms with van der Waals surface area (Å²) in [7, 11) is -2.47. The smallest absolute Gasteiger partial charge is 0.203 e. The minimum atomic E-state index is -2.47. The largest absolute Gasteiger partial charge is 0.320 e. The normalized spacial score (nSPS) is 17.4. The van der Waals surface area contributed by atoms with E-state index in [2.05, 4.69) is 0 Å². The van der Waals surface area contributed by atoms with E-state index in [4.69, 9.17) is 4.52 Å². The van der Waals surface area contributed by atoms with Crippen molar-refractivity contribution in [1.29, 1.82) is 0 Å². The van der Waals surface area contributed by atoms with E-state index in [9.17, 15) is 9.36 Å². The molecule has 0 aliphatic heterocycles. The van der Waals surface area contributed by atoms with Crippen LogP contribution in [0, 0.1) is 5.92 Å². The zero-order valence-corrected chi connectivity index (χ0v) is 9.18. The van der Waals surface area contributed by atoms with Crippen molar-refractivity contribution in [3.63, 3.8) is 0 Å². The van der Waals surface area contributed by atoms with Crippen LogP contribution in [0.3, 0.4) is 0 Å². The second-order valence-corrected chi connectivity index (χ2v) is 6.61. The summed E-state index contributed by atoms with van der Waals surface area (Å²) >= 11 is 0. The highest BCUT2D eigenvalue weighted by Gasteiger charge is 2.31. The highest BCUT2D eigenvalue weighted by Crippen LogP contribution is 2.46. The summed E-state index contributed by atoms with van der Waals surface area (Å²) in [6, 6.07) is 0. The molecule has 3 nitrogen and oxygen atoms in total. The Kier molecular flexibility index (Phi) is 3.69. The van der Waals surface area contributed by atoms with Gasteiger partial charge < -0.3 is 4.52 Å². The summed E-state index contributed by atoms with van der Waals surface area (Å²) in [5, 5.41) is 0. The van der Waals surface area contributed by atoms with Gasteiger partial charge in [-0.3, -0.25) is 9.36 Å². The first kappa shape index (κ1) is 10.9. The molecule has 0 unspecified atom stereocenters. The molecule has 76 valence electrons. The molecule has 0 atom stereocenters. The lowest BCUT2D eigenvalue weighted by Gasteiger charge is -2.13. The van der Waals surface area contributed by atoms with Crippen LogP contribution in [0.1, 0.15) is 26.7 Å². The van der Waals surface area contributed by atoms with Crippen molar-refractivity contribution in [1.82, 2.24) is 0 Å². The third kappa shape index (κ3) is 3.24. The Labute approximate surface area is 79.3 Å². The van der Waals surface area contributed by atoms with E-state index in [1.54, 1.807) is 0 Å². The van der Waals surface area contributed by atoms with E-state index >= 15 is 0 Å². The van der Waals surface area contributed by atoms with Crippen molar-refractivity contribution in [2.45, 2.75) is 26.7 Å². The molecule has 0 spiro atoms.